The van der Waals surface area contributed by atoms with Crippen LogP contribution in [0.4, 0.5) is 5.69 Å². The highest BCUT2D eigenvalue weighted by atomic mass is 79.9. The van der Waals surface area contributed by atoms with Gasteiger partial charge in [0.05, 0.1) is 17.4 Å². The van der Waals surface area contributed by atoms with Crippen LogP contribution in [0, 0.1) is 0 Å². The Hall–Kier alpha value is -3.20. The number of amides is 1. The predicted octanol–water partition coefficient (Wildman–Crippen LogP) is 2.92. The number of hydrogen-bond donors (Lipinski definition) is 3. The van der Waals surface area contributed by atoms with E-state index in [4.69, 9.17) is 0 Å². The minimum absolute atomic E-state index is 0.290. The Morgan fingerprint density at radius 2 is 2.12 bits per heavy atom. The lowest BCUT2D eigenvalue weighted by Crippen LogP contribution is -2.12. The molecule has 25 heavy (non-hydrogen) atoms. The molecule has 0 radical (unpaired) electrons. The molecule has 4 aromatic rings. The molecule has 0 fully saturated rings. The van der Waals surface area contributed by atoms with E-state index in [1.807, 2.05) is 6.07 Å². The average Bonchev–Trinajstić information content (AvgIpc) is 3.23. The van der Waals surface area contributed by atoms with E-state index in [0.29, 0.717) is 28.2 Å². The Bertz CT molecular complexity index is 1140. The average molecular weight is 400 g/mol. The summed E-state index contributed by atoms with van der Waals surface area (Å²) in [7, 11) is 0. The molecule has 0 aliphatic carbocycles. The smallest absolute Gasteiger partial charge is 0.345 e. The predicted molar refractivity (Wildman–Crippen MR) is 94.3 cm³/mol. The normalized spacial score (nSPS) is 10.9. The van der Waals surface area contributed by atoms with E-state index in [0.717, 1.165) is 9.99 Å². The highest BCUT2D eigenvalue weighted by Gasteiger charge is 2.14. The lowest BCUT2D eigenvalue weighted by Gasteiger charge is -2.07. The number of carbonyl (C=O) groups excluding carboxylic acids is 1. The maximum absolute atomic E-state index is 12.7. The molecule has 0 saturated carbocycles. The van der Waals surface area contributed by atoms with E-state index in [2.05, 4.69) is 45.9 Å². The monoisotopic (exact) mass is 399 g/mol. The Kier molecular flexibility index (Phi) is 3.69. The molecule has 0 aliphatic heterocycles. The molecule has 0 aliphatic rings. The number of aromatic nitrogens is 4. The van der Waals surface area contributed by atoms with Crippen molar-refractivity contribution in [1.82, 2.24) is 20.1 Å². The van der Waals surface area contributed by atoms with E-state index in [1.54, 1.807) is 30.3 Å². The standard InChI is InChI=1S/C16H10BrN5O3/c17-9-5-11(13-12(6-9)18-7-19-13)15(23)20-10-3-1-2-8(4-10)14-21-16(24)25-22-14/h1-7H,(H,18,19)(H,20,23)(H,21,22,24). The first-order valence-electron chi connectivity index (χ1n) is 7.20. The second-order valence-electron chi connectivity index (χ2n) is 5.23. The summed E-state index contributed by atoms with van der Waals surface area (Å²) in [5.74, 6) is -0.651. The molecule has 2 aromatic heterocycles. The largest absolute Gasteiger partial charge is 0.439 e. The fourth-order valence-electron chi connectivity index (χ4n) is 2.48. The van der Waals surface area contributed by atoms with Crippen LogP contribution in [0.15, 0.2) is 56.5 Å². The van der Waals surface area contributed by atoms with Gasteiger partial charge in [0.25, 0.3) is 5.91 Å². The van der Waals surface area contributed by atoms with Crippen molar-refractivity contribution < 1.29 is 9.32 Å². The zero-order valence-electron chi connectivity index (χ0n) is 12.5. The lowest BCUT2D eigenvalue weighted by molar-refractivity contribution is 0.102. The van der Waals surface area contributed by atoms with Crippen molar-refractivity contribution in [3.05, 3.63) is 63.3 Å². The van der Waals surface area contributed by atoms with Gasteiger partial charge in [0.1, 0.15) is 5.52 Å². The third-order valence-corrected chi connectivity index (χ3v) is 4.03. The number of halogens is 1. The Morgan fingerprint density at radius 3 is 2.92 bits per heavy atom. The second kappa shape index (κ2) is 6.02. The summed E-state index contributed by atoms with van der Waals surface area (Å²) in [6, 6.07) is 10.5. The number of anilines is 1. The summed E-state index contributed by atoms with van der Waals surface area (Å²) in [6.45, 7) is 0. The van der Waals surface area contributed by atoms with E-state index >= 15 is 0 Å². The summed E-state index contributed by atoms with van der Waals surface area (Å²) >= 11 is 3.39. The van der Waals surface area contributed by atoms with Crippen molar-refractivity contribution in [2.24, 2.45) is 0 Å². The van der Waals surface area contributed by atoms with Gasteiger partial charge in [-0.05, 0) is 24.3 Å². The van der Waals surface area contributed by atoms with Crippen molar-refractivity contribution in [1.29, 1.82) is 0 Å². The first kappa shape index (κ1) is 15.3. The SMILES string of the molecule is O=C(Nc1cccc(-c2noc(=O)[nH]2)c1)c1cc(Br)cc2[nH]cnc12. The van der Waals surface area contributed by atoms with E-state index in [1.165, 1.54) is 6.33 Å². The molecule has 0 unspecified atom stereocenters. The van der Waals surface area contributed by atoms with Gasteiger partial charge < -0.3 is 10.3 Å². The van der Waals surface area contributed by atoms with Gasteiger partial charge >= 0.3 is 5.76 Å². The maximum atomic E-state index is 12.7. The number of hydrogen-bond acceptors (Lipinski definition) is 5. The van der Waals surface area contributed by atoms with Crippen LogP contribution in [-0.2, 0) is 0 Å². The number of fused-ring (bicyclic) bond motifs is 1. The molecule has 0 saturated heterocycles. The topological polar surface area (TPSA) is 117 Å². The fourth-order valence-corrected chi connectivity index (χ4v) is 2.94. The van der Waals surface area contributed by atoms with Gasteiger partial charge in [-0.2, -0.15) is 0 Å². The lowest BCUT2D eigenvalue weighted by atomic mass is 10.1. The maximum Gasteiger partial charge on any atom is 0.439 e. The third-order valence-electron chi connectivity index (χ3n) is 3.57. The molecule has 3 N–H and O–H groups in total. The number of nitrogens with one attached hydrogen (secondary N) is 3. The summed E-state index contributed by atoms with van der Waals surface area (Å²) in [6.07, 6.45) is 1.54. The van der Waals surface area contributed by atoms with Crippen molar-refractivity contribution in [2.45, 2.75) is 0 Å². The van der Waals surface area contributed by atoms with Crippen LogP contribution < -0.4 is 11.1 Å². The van der Waals surface area contributed by atoms with Gasteiger partial charge in [0, 0.05) is 15.7 Å². The Labute approximate surface area is 148 Å². The van der Waals surface area contributed by atoms with Crippen LogP contribution in [0.5, 0.6) is 0 Å². The molecule has 124 valence electrons. The fraction of sp³-hybridized carbons (Fsp3) is 0. The minimum atomic E-state index is -0.639. The molecule has 1 amide bonds. The van der Waals surface area contributed by atoms with Gasteiger partial charge in [-0.25, -0.2) is 9.78 Å². The number of benzene rings is 2. The van der Waals surface area contributed by atoms with E-state index in [9.17, 15) is 9.59 Å². The molecular formula is C16H10BrN5O3. The van der Waals surface area contributed by atoms with Crippen LogP contribution in [0.3, 0.4) is 0 Å². The van der Waals surface area contributed by atoms with Crippen molar-refractivity contribution in [2.75, 3.05) is 5.32 Å². The van der Waals surface area contributed by atoms with E-state index < -0.39 is 5.76 Å². The summed E-state index contributed by atoms with van der Waals surface area (Å²) in [5, 5.41) is 6.45. The molecule has 4 rings (SSSR count). The molecule has 0 spiro atoms. The molecule has 8 nitrogen and oxygen atoms in total. The molecule has 0 bridgehead atoms. The zero-order chi connectivity index (χ0) is 17.4. The van der Waals surface area contributed by atoms with Crippen molar-refractivity contribution in [3.63, 3.8) is 0 Å². The number of nitrogens with zero attached hydrogens (tertiary/aromatic N) is 2. The van der Waals surface area contributed by atoms with Gasteiger partial charge in [0.15, 0.2) is 5.82 Å². The van der Waals surface area contributed by atoms with Crippen LogP contribution in [0.25, 0.3) is 22.4 Å². The molecule has 2 heterocycles. The zero-order valence-corrected chi connectivity index (χ0v) is 14.1. The Balaban J connectivity index is 1.67. The third kappa shape index (κ3) is 2.96. The quantitative estimate of drug-likeness (QED) is 0.489. The number of aromatic amines is 2. The summed E-state index contributed by atoms with van der Waals surface area (Å²) < 4.78 is 5.26. The van der Waals surface area contributed by atoms with Crippen LogP contribution in [0.1, 0.15) is 10.4 Å². The minimum Gasteiger partial charge on any atom is -0.345 e. The van der Waals surface area contributed by atoms with Crippen LogP contribution in [-0.4, -0.2) is 26.0 Å². The first-order valence-corrected chi connectivity index (χ1v) is 8.00. The molecular weight excluding hydrogens is 390 g/mol. The number of imidazole rings is 1. The van der Waals surface area contributed by atoms with Gasteiger partial charge in [0.2, 0.25) is 0 Å². The summed E-state index contributed by atoms with van der Waals surface area (Å²) in [5.41, 5.74) is 2.94. The summed E-state index contributed by atoms with van der Waals surface area (Å²) in [4.78, 5) is 33.4. The molecule has 9 heteroatoms. The van der Waals surface area contributed by atoms with Crippen LogP contribution >= 0.6 is 15.9 Å². The van der Waals surface area contributed by atoms with Crippen LogP contribution in [0.2, 0.25) is 0 Å². The number of rotatable bonds is 3. The highest BCUT2D eigenvalue weighted by molar-refractivity contribution is 9.10. The van der Waals surface area contributed by atoms with Gasteiger partial charge in [-0.15, -0.1) is 0 Å². The van der Waals surface area contributed by atoms with Gasteiger partial charge in [-0.1, -0.05) is 33.2 Å². The van der Waals surface area contributed by atoms with Gasteiger partial charge in [-0.3, -0.25) is 14.3 Å². The second-order valence-corrected chi connectivity index (χ2v) is 6.15. The van der Waals surface area contributed by atoms with Crippen molar-refractivity contribution in [3.8, 4) is 11.4 Å². The number of H-pyrrole nitrogens is 2. The Morgan fingerprint density at radius 1 is 1.24 bits per heavy atom. The molecule has 0 atom stereocenters. The highest BCUT2D eigenvalue weighted by Crippen LogP contribution is 2.24. The van der Waals surface area contributed by atoms with Crippen molar-refractivity contribution >= 4 is 38.6 Å². The number of carbonyl (C=O) groups is 1. The molecule has 2 aromatic carbocycles. The first-order chi connectivity index (χ1) is 12.1. The van der Waals surface area contributed by atoms with E-state index in [-0.39, 0.29) is 5.91 Å².